The molecule has 1 aromatic carbocycles. The number of fused-ring (bicyclic) bond motifs is 1. The highest BCUT2D eigenvalue weighted by Crippen LogP contribution is 2.36. The van der Waals surface area contributed by atoms with Crippen molar-refractivity contribution in [2.75, 3.05) is 6.61 Å². The average molecular weight is 315 g/mol. The van der Waals surface area contributed by atoms with Crippen LogP contribution >= 0.6 is 0 Å². The summed E-state index contributed by atoms with van der Waals surface area (Å²) in [6, 6.07) is 7.43. The van der Waals surface area contributed by atoms with Crippen LogP contribution in [0.4, 0.5) is 0 Å². The highest BCUT2D eigenvalue weighted by Gasteiger charge is 2.52. The summed E-state index contributed by atoms with van der Waals surface area (Å²) in [5.74, 6) is -0.322. The van der Waals surface area contributed by atoms with Gasteiger partial charge in [-0.05, 0) is 52.8 Å². The molecule has 2 aromatic rings. The minimum absolute atomic E-state index is 0.322. The smallest absolute Gasteiger partial charge is 0.462 e. The van der Waals surface area contributed by atoms with Gasteiger partial charge in [-0.25, -0.2) is 4.79 Å². The number of benzene rings is 1. The van der Waals surface area contributed by atoms with Crippen LogP contribution in [0.3, 0.4) is 0 Å². The second kappa shape index (κ2) is 5.39. The maximum atomic E-state index is 12.1. The maximum Gasteiger partial charge on any atom is 0.512 e. The van der Waals surface area contributed by atoms with Gasteiger partial charge in [0.25, 0.3) is 0 Å². The summed E-state index contributed by atoms with van der Waals surface area (Å²) < 4.78 is 17.2. The lowest BCUT2D eigenvalue weighted by Crippen LogP contribution is -2.41. The maximum absolute atomic E-state index is 12.1. The summed E-state index contributed by atoms with van der Waals surface area (Å²) >= 11 is 0. The number of hydrogen-bond donors (Lipinski definition) is 1. The fourth-order valence-corrected chi connectivity index (χ4v) is 2.66. The molecule has 23 heavy (non-hydrogen) atoms. The highest BCUT2D eigenvalue weighted by molar-refractivity contribution is 6.61. The molecule has 2 heterocycles. The minimum atomic E-state index is -0.484. The van der Waals surface area contributed by atoms with Crippen molar-refractivity contribution >= 4 is 29.6 Å². The summed E-state index contributed by atoms with van der Waals surface area (Å²) in [5.41, 5.74) is 1.40. The first-order valence-corrected chi connectivity index (χ1v) is 7.89. The van der Waals surface area contributed by atoms with Crippen molar-refractivity contribution in [3.63, 3.8) is 0 Å². The zero-order valence-electron chi connectivity index (χ0n) is 14.2. The van der Waals surface area contributed by atoms with Gasteiger partial charge in [-0.2, -0.15) is 0 Å². The molecule has 0 bridgehead atoms. The summed E-state index contributed by atoms with van der Waals surface area (Å²) in [6.07, 6.45) is 0. The standard InChI is InChI=1S/C17H22BNO4/c1-6-21-15(20)11-8-7-9-13-12(11)10-14(19-13)18-22-16(2,3)17(4,5)23-18/h7-10,19H,6H2,1-5H3. The number of rotatable bonds is 3. The zero-order chi connectivity index (χ0) is 16.8. The Morgan fingerprint density at radius 1 is 1.22 bits per heavy atom. The number of H-pyrrole nitrogens is 1. The number of hydrogen-bond acceptors (Lipinski definition) is 4. The number of carbonyl (C=O) groups excluding carboxylic acids is 1. The van der Waals surface area contributed by atoms with E-state index in [1.807, 2.05) is 45.9 Å². The van der Waals surface area contributed by atoms with E-state index in [4.69, 9.17) is 14.0 Å². The van der Waals surface area contributed by atoms with Gasteiger partial charge in [0.2, 0.25) is 0 Å². The molecule has 0 saturated carbocycles. The minimum Gasteiger partial charge on any atom is -0.462 e. The Labute approximate surface area is 136 Å². The van der Waals surface area contributed by atoms with Gasteiger partial charge in [0.05, 0.1) is 23.4 Å². The summed E-state index contributed by atoms with van der Waals surface area (Å²) in [4.78, 5) is 15.4. The third kappa shape index (κ3) is 2.66. The summed E-state index contributed by atoms with van der Waals surface area (Å²) in [6.45, 7) is 10.2. The quantitative estimate of drug-likeness (QED) is 0.699. The summed E-state index contributed by atoms with van der Waals surface area (Å²) in [5, 5.41) is 0.815. The zero-order valence-corrected chi connectivity index (χ0v) is 14.2. The molecule has 0 radical (unpaired) electrons. The first kappa shape index (κ1) is 16.1. The number of esters is 1. The largest absolute Gasteiger partial charge is 0.512 e. The van der Waals surface area contributed by atoms with E-state index < -0.39 is 18.3 Å². The van der Waals surface area contributed by atoms with Crippen molar-refractivity contribution in [1.82, 2.24) is 4.98 Å². The molecule has 0 unspecified atom stereocenters. The number of carbonyl (C=O) groups is 1. The Kier molecular flexibility index (Phi) is 3.77. The molecule has 1 saturated heterocycles. The molecule has 1 N–H and O–H groups in total. The Bertz CT molecular complexity index is 734. The molecule has 0 atom stereocenters. The number of ether oxygens (including phenoxy) is 1. The third-order valence-electron chi connectivity index (χ3n) is 4.69. The number of aromatic amines is 1. The van der Waals surface area contributed by atoms with E-state index in [0.29, 0.717) is 12.2 Å². The highest BCUT2D eigenvalue weighted by atomic mass is 16.7. The van der Waals surface area contributed by atoms with E-state index in [0.717, 1.165) is 16.5 Å². The molecule has 6 heteroatoms. The first-order chi connectivity index (χ1) is 10.7. The Morgan fingerprint density at radius 2 is 1.87 bits per heavy atom. The summed E-state index contributed by atoms with van der Waals surface area (Å²) in [7, 11) is -0.484. The lowest BCUT2D eigenvalue weighted by Gasteiger charge is -2.32. The predicted octanol–water partition coefficient (Wildman–Crippen LogP) is 2.64. The van der Waals surface area contributed by atoms with Crippen LogP contribution in [-0.2, 0) is 14.0 Å². The second-order valence-corrected chi connectivity index (χ2v) is 6.80. The van der Waals surface area contributed by atoms with E-state index in [1.54, 1.807) is 13.0 Å². The fourth-order valence-electron chi connectivity index (χ4n) is 2.66. The van der Waals surface area contributed by atoms with Gasteiger partial charge in [0.15, 0.2) is 0 Å². The predicted molar refractivity (Wildman–Crippen MR) is 90.0 cm³/mol. The van der Waals surface area contributed by atoms with Crippen LogP contribution in [0.1, 0.15) is 45.0 Å². The van der Waals surface area contributed by atoms with E-state index in [-0.39, 0.29) is 5.97 Å². The second-order valence-electron chi connectivity index (χ2n) is 6.80. The van der Waals surface area contributed by atoms with Crippen molar-refractivity contribution in [2.45, 2.75) is 45.8 Å². The fraction of sp³-hybridized carbons (Fsp3) is 0.471. The molecule has 0 spiro atoms. The van der Waals surface area contributed by atoms with Crippen molar-refractivity contribution in [2.24, 2.45) is 0 Å². The van der Waals surface area contributed by atoms with Gasteiger partial charge in [-0.3, -0.25) is 0 Å². The lowest BCUT2D eigenvalue weighted by atomic mass is 9.85. The molecule has 1 aliphatic rings. The molecule has 3 rings (SSSR count). The molecule has 1 aliphatic heterocycles. The molecular weight excluding hydrogens is 293 g/mol. The Balaban J connectivity index is 1.99. The lowest BCUT2D eigenvalue weighted by molar-refractivity contribution is 0.00578. The van der Waals surface area contributed by atoms with Crippen LogP contribution in [0.15, 0.2) is 24.3 Å². The molecule has 5 nitrogen and oxygen atoms in total. The van der Waals surface area contributed by atoms with Gasteiger partial charge in [0, 0.05) is 16.5 Å². The van der Waals surface area contributed by atoms with Crippen molar-refractivity contribution in [1.29, 1.82) is 0 Å². The van der Waals surface area contributed by atoms with Gasteiger partial charge >= 0.3 is 13.1 Å². The van der Waals surface area contributed by atoms with Crippen LogP contribution in [0.2, 0.25) is 0 Å². The molecule has 0 aliphatic carbocycles. The Morgan fingerprint density at radius 3 is 2.48 bits per heavy atom. The molecule has 122 valence electrons. The van der Waals surface area contributed by atoms with E-state index in [9.17, 15) is 4.79 Å². The molecule has 1 aromatic heterocycles. The van der Waals surface area contributed by atoms with E-state index >= 15 is 0 Å². The normalized spacial score (nSPS) is 19.3. The van der Waals surface area contributed by atoms with E-state index in [2.05, 4.69) is 4.98 Å². The number of nitrogens with one attached hydrogen (secondary N) is 1. The van der Waals surface area contributed by atoms with E-state index in [1.165, 1.54) is 0 Å². The molecule has 1 fully saturated rings. The van der Waals surface area contributed by atoms with Gasteiger partial charge in [-0.1, -0.05) is 6.07 Å². The third-order valence-corrected chi connectivity index (χ3v) is 4.69. The molecule has 0 amide bonds. The number of aromatic nitrogens is 1. The van der Waals surface area contributed by atoms with Crippen LogP contribution in [-0.4, -0.2) is 35.9 Å². The van der Waals surface area contributed by atoms with Crippen LogP contribution in [0, 0.1) is 0 Å². The van der Waals surface area contributed by atoms with Crippen LogP contribution in [0.25, 0.3) is 10.9 Å². The van der Waals surface area contributed by atoms with Crippen LogP contribution in [0.5, 0.6) is 0 Å². The van der Waals surface area contributed by atoms with Gasteiger partial charge in [0.1, 0.15) is 0 Å². The van der Waals surface area contributed by atoms with Crippen molar-refractivity contribution < 1.29 is 18.8 Å². The Hall–Kier alpha value is -1.79. The van der Waals surface area contributed by atoms with Crippen molar-refractivity contribution in [3.05, 3.63) is 29.8 Å². The monoisotopic (exact) mass is 315 g/mol. The molecular formula is C17H22BNO4. The SMILES string of the molecule is CCOC(=O)c1cccc2[nH]c(B3OC(C)(C)C(C)(C)O3)cc12. The average Bonchev–Trinajstić information content (AvgIpc) is 2.97. The van der Waals surface area contributed by atoms with Gasteiger partial charge < -0.3 is 19.0 Å². The van der Waals surface area contributed by atoms with Crippen molar-refractivity contribution in [3.8, 4) is 0 Å². The van der Waals surface area contributed by atoms with Gasteiger partial charge in [-0.15, -0.1) is 0 Å². The van der Waals surface area contributed by atoms with Crippen LogP contribution < -0.4 is 5.59 Å². The first-order valence-electron chi connectivity index (χ1n) is 7.89. The topological polar surface area (TPSA) is 60.6 Å².